The Balaban J connectivity index is 4.69. The van der Waals surface area contributed by atoms with Gasteiger partial charge in [-0.1, -0.05) is 0 Å². The van der Waals surface area contributed by atoms with E-state index in [2.05, 4.69) is 65.7 Å². The van der Waals surface area contributed by atoms with Crippen molar-refractivity contribution >= 4 is 0 Å². The van der Waals surface area contributed by atoms with E-state index < -0.39 is 0 Å². The minimum Gasteiger partial charge on any atom is -0.315 e. The van der Waals surface area contributed by atoms with Crippen molar-refractivity contribution in [3.63, 3.8) is 0 Å². The molecule has 2 nitrogen and oxygen atoms in total. The molecule has 0 bridgehead atoms. The fraction of sp³-hybridized carbons (Fsp3) is 1.00. The molecule has 0 rings (SSSR count). The molecule has 0 aliphatic rings. The molecule has 92 valence electrons. The van der Waals surface area contributed by atoms with Crippen LogP contribution in [0.3, 0.4) is 0 Å². The Kier molecular flexibility index (Phi) is 4.40. The summed E-state index contributed by atoms with van der Waals surface area (Å²) in [7, 11) is 4.25. The number of rotatable bonds is 4. The quantitative estimate of drug-likeness (QED) is 0.774. The molecule has 0 radical (unpaired) electrons. The summed E-state index contributed by atoms with van der Waals surface area (Å²) in [5, 5.41) is 3.38. The maximum atomic E-state index is 3.38. The zero-order valence-electron chi connectivity index (χ0n) is 12.2. The van der Waals surface area contributed by atoms with Gasteiger partial charge >= 0.3 is 0 Å². The van der Waals surface area contributed by atoms with Crippen LogP contribution in [0.4, 0.5) is 0 Å². The van der Waals surface area contributed by atoms with Gasteiger partial charge in [0.05, 0.1) is 0 Å². The van der Waals surface area contributed by atoms with Gasteiger partial charge in [-0.25, -0.2) is 0 Å². The highest BCUT2D eigenvalue weighted by molar-refractivity contribution is 4.94. The van der Waals surface area contributed by atoms with E-state index in [0.29, 0.717) is 0 Å². The molecule has 0 saturated carbocycles. The summed E-state index contributed by atoms with van der Waals surface area (Å²) >= 11 is 0. The number of nitrogens with zero attached hydrogens (tertiary/aromatic N) is 1. The summed E-state index contributed by atoms with van der Waals surface area (Å²) in [6.07, 6.45) is 1.13. The first-order valence-corrected chi connectivity index (χ1v) is 5.85. The summed E-state index contributed by atoms with van der Waals surface area (Å²) in [4.78, 5) is 2.46. The van der Waals surface area contributed by atoms with Crippen molar-refractivity contribution < 1.29 is 0 Å². The van der Waals surface area contributed by atoms with Crippen LogP contribution in [0.25, 0.3) is 0 Å². The summed E-state index contributed by atoms with van der Waals surface area (Å²) in [5.74, 6) is 0. The highest BCUT2D eigenvalue weighted by Gasteiger charge is 2.35. The van der Waals surface area contributed by atoms with E-state index >= 15 is 0 Å². The Morgan fingerprint density at radius 2 is 1.33 bits per heavy atom. The molecule has 0 aromatic carbocycles. The molecule has 0 unspecified atom stereocenters. The van der Waals surface area contributed by atoms with Crippen molar-refractivity contribution in [3.8, 4) is 0 Å². The Labute approximate surface area is 96.4 Å². The first-order valence-electron chi connectivity index (χ1n) is 5.85. The van der Waals surface area contributed by atoms with Crippen LogP contribution in [0.5, 0.6) is 0 Å². The lowest BCUT2D eigenvalue weighted by Crippen LogP contribution is -2.56. The predicted molar refractivity (Wildman–Crippen MR) is 69.4 cm³/mol. The summed E-state index contributed by atoms with van der Waals surface area (Å²) in [5.41, 5.74) is 0.598. The SMILES string of the molecule is CNC(C)(C)CC(C)(C)N(C)C(C)(C)C. The van der Waals surface area contributed by atoms with Crippen LogP contribution in [0.2, 0.25) is 0 Å². The third-order valence-corrected chi connectivity index (χ3v) is 3.47. The van der Waals surface area contributed by atoms with Crippen molar-refractivity contribution in [3.05, 3.63) is 0 Å². The molecule has 0 amide bonds. The molecule has 0 fully saturated rings. The Bertz CT molecular complexity index is 199. The molecule has 0 aromatic rings. The van der Waals surface area contributed by atoms with Gasteiger partial charge in [0.15, 0.2) is 0 Å². The fourth-order valence-corrected chi connectivity index (χ4v) is 2.20. The van der Waals surface area contributed by atoms with Gasteiger partial charge in [-0.3, -0.25) is 4.90 Å². The van der Waals surface area contributed by atoms with E-state index in [1.54, 1.807) is 0 Å². The zero-order valence-corrected chi connectivity index (χ0v) is 12.2. The van der Waals surface area contributed by atoms with E-state index in [4.69, 9.17) is 0 Å². The van der Waals surface area contributed by atoms with Crippen LogP contribution in [0.15, 0.2) is 0 Å². The minimum absolute atomic E-state index is 0.184. The standard InChI is InChI=1S/C13H30N2/c1-11(2,3)15(9)13(6,7)10-12(4,5)14-8/h14H,10H2,1-9H3. The van der Waals surface area contributed by atoms with Gasteiger partial charge in [-0.2, -0.15) is 0 Å². The molecule has 0 spiro atoms. The van der Waals surface area contributed by atoms with Gasteiger partial charge in [0.1, 0.15) is 0 Å². The van der Waals surface area contributed by atoms with E-state index in [9.17, 15) is 0 Å². The lowest BCUT2D eigenvalue weighted by molar-refractivity contribution is 0.0341. The van der Waals surface area contributed by atoms with E-state index in [1.807, 2.05) is 7.05 Å². The molecule has 0 atom stereocenters. The van der Waals surface area contributed by atoms with Crippen molar-refractivity contribution in [2.24, 2.45) is 0 Å². The van der Waals surface area contributed by atoms with Gasteiger partial charge in [-0.05, 0) is 69.0 Å². The lowest BCUT2D eigenvalue weighted by Gasteiger charge is -2.47. The van der Waals surface area contributed by atoms with Crippen molar-refractivity contribution in [1.82, 2.24) is 10.2 Å². The van der Waals surface area contributed by atoms with E-state index in [-0.39, 0.29) is 16.6 Å². The second-order valence-corrected chi connectivity index (χ2v) is 6.85. The third-order valence-electron chi connectivity index (χ3n) is 3.47. The van der Waals surface area contributed by atoms with Gasteiger partial charge in [0.2, 0.25) is 0 Å². The molecular formula is C13H30N2. The minimum atomic E-state index is 0.184. The molecule has 1 N–H and O–H groups in total. The average Bonchev–Trinajstić information content (AvgIpc) is 1.99. The van der Waals surface area contributed by atoms with Gasteiger partial charge < -0.3 is 5.32 Å². The second-order valence-electron chi connectivity index (χ2n) is 6.85. The maximum absolute atomic E-state index is 3.38. The topological polar surface area (TPSA) is 15.3 Å². The van der Waals surface area contributed by atoms with Crippen molar-refractivity contribution in [2.75, 3.05) is 14.1 Å². The fourth-order valence-electron chi connectivity index (χ4n) is 2.20. The highest BCUT2D eigenvalue weighted by Crippen LogP contribution is 2.29. The maximum Gasteiger partial charge on any atom is 0.0172 e. The van der Waals surface area contributed by atoms with Crippen LogP contribution < -0.4 is 5.32 Å². The number of hydrogen-bond acceptors (Lipinski definition) is 2. The Hall–Kier alpha value is -0.0800. The molecule has 0 aliphatic carbocycles. The molecule has 15 heavy (non-hydrogen) atoms. The molecule has 0 aliphatic heterocycles. The summed E-state index contributed by atoms with van der Waals surface area (Å²) in [6.45, 7) is 15.9. The first kappa shape index (κ1) is 14.9. The largest absolute Gasteiger partial charge is 0.315 e. The van der Waals surface area contributed by atoms with Crippen LogP contribution >= 0.6 is 0 Å². The van der Waals surface area contributed by atoms with E-state index in [0.717, 1.165) is 6.42 Å². The monoisotopic (exact) mass is 214 g/mol. The van der Waals surface area contributed by atoms with Gasteiger partial charge in [0.25, 0.3) is 0 Å². The predicted octanol–water partition coefficient (Wildman–Crippen LogP) is 2.88. The molecule has 0 aromatic heterocycles. The van der Waals surface area contributed by atoms with E-state index in [1.165, 1.54) is 0 Å². The van der Waals surface area contributed by atoms with Crippen LogP contribution in [-0.2, 0) is 0 Å². The molecular weight excluding hydrogens is 184 g/mol. The van der Waals surface area contributed by atoms with Crippen LogP contribution in [-0.4, -0.2) is 35.6 Å². The van der Waals surface area contributed by atoms with Gasteiger partial charge in [0, 0.05) is 16.6 Å². The smallest absolute Gasteiger partial charge is 0.0172 e. The van der Waals surface area contributed by atoms with Crippen LogP contribution in [0.1, 0.15) is 54.9 Å². The van der Waals surface area contributed by atoms with Crippen molar-refractivity contribution in [1.29, 1.82) is 0 Å². The molecule has 0 heterocycles. The van der Waals surface area contributed by atoms with Crippen LogP contribution in [0, 0.1) is 0 Å². The third kappa shape index (κ3) is 4.52. The lowest BCUT2D eigenvalue weighted by atomic mass is 9.83. The average molecular weight is 214 g/mol. The Morgan fingerprint density at radius 3 is 1.60 bits per heavy atom. The van der Waals surface area contributed by atoms with Gasteiger partial charge in [-0.15, -0.1) is 0 Å². The van der Waals surface area contributed by atoms with Crippen molar-refractivity contribution in [2.45, 2.75) is 71.5 Å². The zero-order chi connectivity index (χ0) is 12.5. The number of nitrogens with one attached hydrogen (secondary N) is 1. The Morgan fingerprint density at radius 1 is 0.933 bits per heavy atom. The molecule has 2 heteroatoms. The number of hydrogen-bond donors (Lipinski definition) is 1. The summed E-state index contributed by atoms with van der Waals surface area (Å²) < 4.78 is 0. The molecule has 0 saturated heterocycles. The first-order chi connectivity index (χ1) is 6.42. The normalized spacial score (nSPS) is 14.8. The summed E-state index contributed by atoms with van der Waals surface area (Å²) in [6, 6.07) is 0. The highest BCUT2D eigenvalue weighted by atomic mass is 15.2. The second kappa shape index (κ2) is 4.42.